The number of thiazole rings is 1. The lowest BCUT2D eigenvalue weighted by atomic mass is 10.1. The largest absolute Gasteiger partial charge is 0.381 e. The maximum Gasteiger partial charge on any atom is 0.187 e. The van der Waals surface area contributed by atoms with Gasteiger partial charge in [0.2, 0.25) is 0 Å². The van der Waals surface area contributed by atoms with E-state index in [2.05, 4.69) is 70.0 Å². The summed E-state index contributed by atoms with van der Waals surface area (Å²) in [6, 6.07) is 20.7. The molecule has 4 nitrogen and oxygen atoms in total. The molecule has 0 unspecified atom stereocenters. The van der Waals surface area contributed by atoms with Crippen LogP contribution in [0.25, 0.3) is 11.3 Å². The van der Waals surface area contributed by atoms with Gasteiger partial charge in [-0.05, 0) is 42.3 Å². The first-order valence-corrected chi connectivity index (χ1v) is 9.67. The molecule has 27 heavy (non-hydrogen) atoms. The first-order valence-electron chi connectivity index (χ1n) is 8.79. The van der Waals surface area contributed by atoms with Gasteiger partial charge in [0, 0.05) is 41.3 Å². The third-order valence-corrected chi connectivity index (χ3v) is 5.04. The number of anilines is 3. The van der Waals surface area contributed by atoms with Gasteiger partial charge < -0.3 is 10.6 Å². The summed E-state index contributed by atoms with van der Waals surface area (Å²) in [6.45, 7) is 2.89. The Hall–Kier alpha value is -3.18. The maximum absolute atomic E-state index is 4.69. The van der Waals surface area contributed by atoms with Crippen LogP contribution >= 0.6 is 11.3 Å². The Morgan fingerprint density at radius 1 is 1.00 bits per heavy atom. The van der Waals surface area contributed by atoms with E-state index in [0.29, 0.717) is 0 Å². The lowest BCUT2D eigenvalue weighted by molar-refractivity contribution is 1.15. The smallest absolute Gasteiger partial charge is 0.187 e. The highest BCUT2D eigenvalue weighted by Gasteiger charge is 2.07. The van der Waals surface area contributed by atoms with Gasteiger partial charge in [-0.1, -0.05) is 36.4 Å². The van der Waals surface area contributed by atoms with Crippen LogP contribution in [0.5, 0.6) is 0 Å². The third-order valence-electron chi connectivity index (χ3n) is 4.28. The van der Waals surface area contributed by atoms with Gasteiger partial charge in [-0.15, -0.1) is 11.3 Å². The summed E-state index contributed by atoms with van der Waals surface area (Å²) in [4.78, 5) is 8.85. The van der Waals surface area contributed by atoms with E-state index in [4.69, 9.17) is 0 Å². The average molecular weight is 372 g/mol. The van der Waals surface area contributed by atoms with Crippen LogP contribution in [-0.4, -0.2) is 9.97 Å². The fourth-order valence-electron chi connectivity index (χ4n) is 2.76. The van der Waals surface area contributed by atoms with E-state index < -0.39 is 0 Å². The number of benzene rings is 2. The van der Waals surface area contributed by atoms with Crippen LogP contribution in [0.4, 0.5) is 16.5 Å². The molecule has 0 amide bonds. The van der Waals surface area contributed by atoms with Crippen LogP contribution in [0.1, 0.15) is 11.1 Å². The van der Waals surface area contributed by atoms with Crippen molar-refractivity contribution in [2.45, 2.75) is 13.5 Å². The summed E-state index contributed by atoms with van der Waals surface area (Å²) < 4.78 is 0. The molecule has 0 radical (unpaired) electrons. The molecule has 2 heterocycles. The number of aryl methyl sites for hydroxylation is 1. The van der Waals surface area contributed by atoms with Crippen LogP contribution in [0.2, 0.25) is 0 Å². The zero-order valence-corrected chi connectivity index (χ0v) is 15.8. The molecule has 0 bridgehead atoms. The highest BCUT2D eigenvalue weighted by Crippen LogP contribution is 2.29. The topological polar surface area (TPSA) is 49.8 Å². The second-order valence-corrected chi connectivity index (χ2v) is 7.13. The summed E-state index contributed by atoms with van der Waals surface area (Å²) >= 11 is 1.59. The van der Waals surface area contributed by atoms with E-state index in [0.717, 1.165) is 34.3 Å². The number of pyridine rings is 1. The molecular formula is C22H20N4S. The first kappa shape index (κ1) is 17.2. The highest BCUT2D eigenvalue weighted by atomic mass is 32.1. The van der Waals surface area contributed by atoms with Gasteiger partial charge in [0.1, 0.15) is 0 Å². The van der Waals surface area contributed by atoms with E-state index >= 15 is 0 Å². The Morgan fingerprint density at radius 2 is 1.89 bits per heavy atom. The number of nitrogens with zero attached hydrogens (tertiary/aromatic N) is 2. The second-order valence-electron chi connectivity index (χ2n) is 6.27. The summed E-state index contributed by atoms with van der Waals surface area (Å²) in [5.74, 6) is 0. The van der Waals surface area contributed by atoms with Crippen molar-refractivity contribution in [3.05, 3.63) is 89.6 Å². The zero-order chi connectivity index (χ0) is 18.5. The van der Waals surface area contributed by atoms with Crippen molar-refractivity contribution in [1.82, 2.24) is 9.97 Å². The Kier molecular flexibility index (Phi) is 5.12. The highest BCUT2D eigenvalue weighted by molar-refractivity contribution is 7.14. The zero-order valence-electron chi connectivity index (χ0n) is 15.0. The average Bonchev–Trinajstić information content (AvgIpc) is 3.19. The van der Waals surface area contributed by atoms with E-state index in [-0.39, 0.29) is 0 Å². The lowest BCUT2D eigenvalue weighted by Crippen LogP contribution is -2.00. The van der Waals surface area contributed by atoms with Gasteiger partial charge in [-0.3, -0.25) is 4.98 Å². The standard InChI is InChI=1S/C22H20N4S/c1-16-9-10-19(24-13-17-6-3-2-4-7-17)12-20(16)25-22-26-21(15-27-22)18-8-5-11-23-14-18/h2-12,14-15,24H,13H2,1H3,(H,25,26). The first-order chi connectivity index (χ1) is 13.3. The minimum Gasteiger partial charge on any atom is -0.381 e. The molecule has 2 aromatic carbocycles. The van der Waals surface area contributed by atoms with E-state index in [1.54, 1.807) is 17.5 Å². The van der Waals surface area contributed by atoms with Crippen LogP contribution in [0, 0.1) is 6.92 Å². The van der Waals surface area contributed by atoms with Gasteiger partial charge in [-0.25, -0.2) is 4.98 Å². The quantitative estimate of drug-likeness (QED) is 0.444. The Balaban J connectivity index is 1.48. The Bertz CT molecular complexity index is 1010. The van der Waals surface area contributed by atoms with Gasteiger partial charge in [0.05, 0.1) is 5.69 Å². The SMILES string of the molecule is Cc1ccc(NCc2ccccc2)cc1Nc1nc(-c2cccnc2)cs1. The maximum atomic E-state index is 4.69. The number of nitrogens with one attached hydrogen (secondary N) is 2. The van der Waals surface area contributed by atoms with E-state index in [1.807, 2.05) is 29.8 Å². The van der Waals surface area contributed by atoms with Crippen molar-refractivity contribution >= 4 is 27.8 Å². The fraction of sp³-hybridized carbons (Fsp3) is 0.0909. The van der Waals surface area contributed by atoms with Crippen LogP contribution in [0.3, 0.4) is 0 Å². The normalized spacial score (nSPS) is 10.6. The Labute approximate surface area is 163 Å². The van der Waals surface area contributed by atoms with E-state index in [9.17, 15) is 0 Å². The molecule has 4 aromatic rings. The summed E-state index contributed by atoms with van der Waals surface area (Å²) in [5, 5.41) is 9.85. The number of hydrogen-bond acceptors (Lipinski definition) is 5. The van der Waals surface area contributed by atoms with Crippen molar-refractivity contribution in [1.29, 1.82) is 0 Å². The van der Waals surface area contributed by atoms with Gasteiger partial charge in [-0.2, -0.15) is 0 Å². The molecule has 0 aliphatic heterocycles. The molecule has 134 valence electrons. The summed E-state index contributed by atoms with van der Waals surface area (Å²) in [7, 11) is 0. The molecule has 0 saturated carbocycles. The molecule has 2 aromatic heterocycles. The second kappa shape index (κ2) is 8.01. The Morgan fingerprint density at radius 3 is 2.70 bits per heavy atom. The molecule has 0 spiro atoms. The molecular weight excluding hydrogens is 352 g/mol. The van der Waals surface area contributed by atoms with Crippen LogP contribution < -0.4 is 10.6 Å². The number of aromatic nitrogens is 2. The predicted octanol–water partition coefficient (Wildman–Crippen LogP) is 5.87. The number of rotatable bonds is 6. The van der Waals surface area contributed by atoms with Crippen molar-refractivity contribution in [2.24, 2.45) is 0 Å². The summed E-state index contributed by atoms with van der Waals surface area (Å²) in [6.07, 6.45) is 3.60. The molecule has 2 N–H and O–H groups in total. The molecule has 5 heteroatoms. The molecule has 0 saturated heterocycles. The summed E-state index contributed by atoms with van der Waals surface area (Å²) in [5.41, 5.74) is 6.53. The van der Waals surface area contributed by atoms with Crippen molar-refractivity contribution in [2.75, 3.05) is 10.6 Å². The van der Waals surface area contributed by atoms with Crippen molar-refractivity contribution in [3.63, 3.8) is 0 Å². The molecule has 0 aliphatic rings. The minimum absolute atomic E-state index is 0.797. The van der Waals surface area contributed by atoms with E-state index in [1.165, 1.54) is 11.1 Å². The molecule has 0 atom stereocenters. The minimum atomic E-state index is 0.797. The monoisotopic (exact) mass is 372 g/mol. The van der Waals surface area contributed by atoms with Gasteiger partial charge in [0.15, 0.2) is 5.13 Å². The van der Waals surface area contributed by atoms with Crippen molar-refractivity contribution < 1.29 is 0 Å². The lowest BCUT2D eigenvalue weighted by Gasteiger charge is -2.11. The molecule has 0 aliphatic carbocycles. The molecule has 0 fully saturated rings. The van der Waals surface area contributed by atoms with Gasteiger partial charge >= 0.3 is 0 Å². The number of hydrogen-bond donors (Lipinski definition) is 2. The van der Waals surface area contributed by atoms with Gasteiger partial charge in [0.25, 0.3) is 0 Å². The predicted molar refractivity (Wildman–Crippen MR) is 114 cm³/mol. The van der Waals surface area contributed by atoms with Crippen LogP contribution in [-0.2, 0) is 6.54 Å². The van der Waals surface area contributed by atoms with Crippen molar-refractivity contribution in [3.8, 4) is 11.3 Å². The molecule has 4 rings (SSSR count). The fourth-order valence-corrected chi connectivity index (χ4v) is 3.49. The van der Waals surface area contributed by atoms with Crippen LogP contribution in [0.15, 0.2) is 78.4 Å². The third kappa shape index (κ3) is 4.33.